The van der Waals surface area contributed by atoms with Crippen LogP contribution >= 0.6 is 0 Å². The Morgan fingerprint density at radius 3 is 0.333 bits per heavy atom. The van der Waals surface area contributed by atoms with Crippen molar-refractivity contribution in [2.75, 3.05) is 0 Å². The summed E-state index contributed by atoms with van der Waals surface area (Å²) in [5.74, 6) is 0. The van der Waals surface area contributed by atoms with Gasteiger partial charge >= 0.3 is 86.0 Å². The third-order valence-corrected chi connectivity index (χ3v) is 0. The van der Waals surface area contributed by atoms with Gasteiger partial charge < -0.3 is 67.5 Å². The predicted octanol–water partition coefficient (Wildman–Crippen LogP) is -0.779. The van der Waals surface area contributed by atoms with Crippen molar-refractivity contribution < 1.29 is 33.6 Å². The first kappa shape index (κ1) is 104. The van der Waals surface area contributed by atoms with Crippen LogP contribution in [-0.4, -0.2) is 52.4 Å². The zero-order chi connectivity index (χ0) is 0. The quantitative estimate of drug-likeness (QED) is 0.292. The topological polar surface area (TPSA) is 0 Å². The molecule has 0 fully saturated rings. The molecule has 0 N–H and O–H groups in total. The van der Waals surface area contributed by atoms with Crippen LogP contribution in [0.3, 0.4) is 0 Å². The number of rotatable bonds is 0. The molecule has 0 nitrogen and oxygen atoms in total. The van der Waals surface area contributed by atoms with Crippen LogP contribution in [0.15, 0.2) is 0 Å². The molecule has 0 atom stereocenters. The summed E-state index contributed by atoms with van der Waals surface area (Å²) in [6.07, 6.45) is 0. The largest absolute Gasteiger partial charge is 3.00 e. The van der Waals surface area contributed by atoms with Crippen molar-refractivity contribution in [2.24, 2.45) is 0 Å². The second-order valence-electron chi connectivity index (χ2n) is 0. The van der Waals surface area contributed by atoms with E-state index >= 15 is 0 Å². The Hall–Kier alpha value is 4.53. The smallest absolute Gasteiger partial charge is 2.00 e. The van der Waals surface area contributed by atoms with Crippen LogP contribution in [0.25, 0.3) is 0 Å². The summed E-state index contributed by atoms with van der Waals surface area (Å²) in [6.45, 7) is 0. The van der Waals surface area contributed by atoms with Crippen molar-refractivity contribution in [1.82, 2.24) is 0 Å². The minimum absolute atomic E-state index is 0. The molecule has 0 aliphatic rings. The molecule has 0 bridgehead atoms. The third-order valence-electron chi connectivity index (χ3n) is 0. The van der Waals surface area contributed by atoms with Crippen molar-refractivity contribution in [3.05, 3.63) is 0 Å². The summed E-state index contributed by atoms with van der Waals surface area (Å²) in [5.41, 5.74) is 0. The summed E-state index contributed by atoms with van der Waals surface area (Å²) in [7, 11) is 0. The van der Waals surface area contributed by atoms with E-state index in [1.165, 1.54) is 0 Å². The van der Waals surface area contributed by atoms with Crippen molar-refractivity contribution in [1.29, 1.82) is 0 Å². The van der Waals surface area contributed by atoms with E-state index in [1.54, 1.807) is 0 Å². The molecule has 0 amide bonds. The molecule has 0 saturated heterocycles. The van der Waals surface area contributed by atoms with Gasteiger partial charge in [0.05, 0.1) is 0 Å². The van der Waals surface area contributed by atoms with Crippen LogP contribution in [0.5, 0.6) is 0 Å². The van der Waals surface area contributed by atoms with Crippen molar-refractivity contribution >= 4 is 120 Å². The molecule has 0 saturated carbocycles. The monoisotopic (exact) mass is 696 g/mol. The second-order valence-corrected chi connectivity index (χ2v) is 0. The molecule has 0 aliphatic carbocycles. The maximum absolute atomic E-state index is 0. The zero-order valence-corrected chi connectivity index (χ0v) is 16.7. The first-order valence-electron chi connectivity index (χ1n) is 0. The van der Waals surface area contributed by atoms with Gasteiger partial charge in [0.25, 0.3) is 0 Å². The van der Waals surface area contributed by atoms with Gasteiger partial charge in [0.2, 0.25) is 0 Å². The molecule has 0 aliphatic heterocycles. The average molecular weight is 696 g/mol. The summed E-state index contributed by atoms with van der Waals surface area (Å²) < 4.78 is 0. The average Bonchev–Trinajstić information content (AvgIpc) is 0. The van der Waals surface area contributed by atoms with Gasteiger partial charge in [-0.1, -0.05) is 0 Å². The summed E-state index contributed by atoms with van der Waals surface area (Å²) in [4.78, 5) is 0. The van der Waals surface area contributed by atoms with E-state index in [-0.39, 0.29) is 153 Å². The first-order chi connectivity index (χ1) is 0. The Morgan fingerprint density at radius 2 is 0.333 bits per heavy atom. The Labute approximate surface area is 150 Å². The Balaban J connectivity index is 0. The van der Waals surface area contributed by atoms with Crippen molar-refractivity contribution in [3.63, 3.8) is 0 Å². The fourth-order valence-electron chi connectivity index (χ4n) is 0. The zero-order valence-electron chi connectivity index (χ0n) is 3.60. The van der Waals surface area contributed by atoms with Gasteiger partial charge in [-0.15, -0.1) is 0 Å². The van der Waals surface area contributed by atoms with Gasteiger partial charge in [-0.25, -0.2) is 0 Å². The van der Waals surface area contributed by atoms with Crippen LogP contribution in [0.2, 0.25) is 0 Å². The van der Waals surface area contributed by atoms with E-state index in [1.807, 2.05) is 0 Å². The van der Waals surface area contributed by atoms with E-state index in [0.717, 1.165) is 0 Å². The van der Waals surface area contributed by atoms with Gasteiger partial charge in [-0.05, 0) is 0 Å². The molecule has 9 heavy (non-hydrogen) atoms. The van der Waals surface area contributed by atoms with E-state index in [4.69, 9.17) is 0 Å². The van der Waals surface area contributed by atoms with Gasteiger partial charge in [0.1, 0.15) is 0 Å². The minimum Gasteiger partial charge on any atom is -2.00 e. The number of hydrogen-bond donors (Lipinski definition) is 0. The molecule has 0 aromatic rings. The minimum atomic E-state index is 0. The molecule has 0 spiro atoms. The molecule has 58 valence electrons. The maximum atomic E-state index is 0. The van der Waals surface area contributed by atoms with Crippen LogP contribution in [0.4, 0.5) is 0 Å². The Bertz CT molecular complexity index is 12.9. The third kappa shape index (κ3) is 67.7. The molecule has 0 aromatic heterocycles. The molecule has 6 radical (unpaired) electrons. The normalized spacial score (nSPS) is 0. The molecule has 0 rings (SSSR count). The number of hydrogen-bond acceptors (Lipinski definition) is 0. The fourth-order valence-corrected chi connectivity index (χ4v) is 0. The van der Waals surface area contributed by atoms with Crippen LogP contribution in [0.1, 0.15) is 0 Å². The van der Waals surface area contributed by atoms with Gasteiger partial charge in [-0.2, -0.15) is 0 Å². The predicted molar refractivity (Wildman–Crippen MR) is 48.3 cm³/mol. The van der Waals surface area contributed by atoms with Crippen LogP contribution < -0.4 is 0 Å². The fraction of sp³-hybridized carbons (Fsp3) is 0. The first-order valence-corrected chi connectivity index (χ1v) is 0. The summed E-state index contributed by atoms with van der Waals surface area (Å²) >= 11 is 0. The van der Waals surface area contributed by atoms with Crippen molar-refractivity contribution in [2.45, 2.75) is 0 Å². The molecule has 0 unspecified atom stereocenters. The standard InChI is InChI=1S/2Bi.2Co.5S/q2*+3;2*+2;5*-2. The molecular weight excluding hydrogens is 696 g/mol. The van der Waals surface area contributed by atoms with Crippen molar-refractivity contribution in [3.8, 4) is 0 Å². The van der Waals surface area contributed by atoms with Gasteiger partial charge in [0, 0.05) is 0 Å². The Morgan fingerprint density at radius 1 is 0.333 bits per heavy atom. The molecular formula is Bi2Co2S5. The second kappa shape index (κ2) is 81.2. The van der Waals surface area contributed by atoms with Gasteiger partial charge in [-0.3, -0.25) is 0 Å². The van der Waals surface area contributed by atoms with E-state index in [0.29, 0.717) is 0 Å². The van der Waals surface area contributed by atoms with E-state index in [9.17, 15) is 0 Å². The Kier molecular flexibility index (Phi) is 934. The van der Waals surface area contributed by atoms with Crippen LogP contribution in [-0.2, 0) is 101 Å². The van der Waals surface area contributed by atoms with Crippen LogP contribution in [0, 0.1) is 0 Å². The molecule has 9 heteroatoms. The van der Waals surface area contributed by atoms with E-state index in [2.05, 4.69) is 0 Å². The van der Waals surface area contributed by atoms with Gasteiger partial charge in [0.15, 0.2) is 0 Å². The summed E-state index contributed by atoms with van der Waals surface area (Å²) in [5, 5.41) is 0. The SMILES string of the molecule is [Bi+3].[Bi+3].[Co+2].[Co+2].[S-2].[S-2].[S-2].[S-2].[S-2]. The molecule has 0 heterocycles. The van der Waals surface area contributed by atoms with E-state index < -0.39 is 0 Å². The molecule has 0 aromatic carbocycles. The summed E-state index contributed by atoms with van der Waals surface area (Å²) in [6, 6.07) is 0. The maximum Gasteiger partial charge on any atom is 3.00 e.